The Labute approximate surface area is 79.6 Å². The fourth-order valence-corrected chi connectivity index (χ4v) is 2.20. The van der Waals surface area contributed by atoms with Crippen molar-refractivity contribution in [1.82, 2.24) is 0 Å². The van der Waals surface area contributed by atoms with Crippen LogP contribution in [-0.4, -0.2) is 13.9 Å². The molecule has 3 nitrogen and oxygen atoms in total. The summed E-state index contributed by atoms with van der Waals surface area (Å²) in [5.74, 6) is 0. The molecule has 12 heavy (non-hydrogen) atoms. The maximum absolute atomic E-state index is 11.2. The molecule has 0 aliphatic heterocycles. The Kier molecular flexibility index (Phi) is 3.25. The van der Waals surface area contributed by atoms with Gasteiger partial charge in [0, 0.05) is 0 Å². The molecule has 0 bridgehead atoms. The van der Waals surface area contributed by atoms with Crippen molar-refractivity contribution in [3.63, 3.8) is 0 Å². The lowest BCUT2D eigenvalue weighted by molar-refractivity contribution is 0.385. The van der Waals surface area contributed by atoms with Crippen molar-refractivity contribution < 1.29 is 12.6 Å². The van der Waals surface area contributed by atoms with Crippen molar-refractivity contribution in [2.45, 2.75) is 4.90 Å². The number of alkyl halides is 1. The molecule has 0 aromatic heterocycles. The summed E-state index contributed by atoms with van der Waals surface area (Å²) in [6.07, 6.45) is 0. The predicted octanol–water partition coefficient (Wildman–Crippen LogP) is 1.74. The Morgan fingerprint density at radius 3 is 2.33 bits per heavy atom. The van der Waals surface area contributed by atoms with E-state index in [-0.39, 0.29) is 10.4 Å². The van der Waals surface area contributed by atoms with E-state index < -0.39 is 10.1 Å². The van der Waals surface area contributed by atoms with Crippen molar-refractivity contribution in [2.24, 2.45) is 0 Å². The topological polar surface area (TPSA) is 43.4 Å². The molecule has 0 amide bonds. The lowest BCUT2D eigenvalue weighted by Gasteiger charge is -2.00. The molecule has 0 aliphatic carbocycles. The highest BCUT2D eigenvalue weighted by molar-refractivity contribution is 9.09. The lowest BCUT2D eigenvalue weighted by Crippen LogP contribution is -2.04. The lowest BCUT2D eigenvalue weighted by atomic mass is 10.4. The standard InChI is InChI=1S/C7H7BrO3S/c8-6-11-12(9,10)7-4-2-1-3-5-7/h1-5H,6H2. The summed E-state index contributed by atoms with van der Waals surface area (Å²) in [6.45, 7) is 0. The van der Waals surface area contributed by atoms with Crippen LogP contribution in [0.4, 0.5) is 0 Å². The first-order valence-corrected chi connectivity index (χ1v) is 5.70. The van der Waals surface area contributed by atoms with Gasteiger partial charge in [-0.25, -0.2) is 0 Å². The van der Waals surface area contributed by atoms with Crippen LogP contribution in [0.1, 0.15) is 0 Å². The molecular weight excluding hydrogens is 244 g/mol. The van der Waals surface area contributed by atoms with Gasteiger partial charge < -0.3 is 0 Å². The van der Waals surface area contributed by atoms with Crippen molar-refractivity contribution >= 4 is 26.0 Å². The summed E-state index contributed by atoms with van der Waals surface area (Å²) in [4.78, 5) is 0.171. The molecule has 0 saturated heterocycles. The first kappa shape index (κ1) is 9.70. The Bertz CT molecular complexity index is 333. The molecule has 1 aromatic carbocycles. The van der Waals surface area contributed by atoms with Crippen LogP contribution in [0.2, 0.25) is 0 Å². The van der Waals surface area contributed by atoms with Crippen LogP contribution in [0.5, 0.6) is 0 Å². The number of hydrogen-bond acceptors (Lipinski definition) is 3. The summed E-state index contributed by atoms with van der Waals surface area (Å²) in [7, 11) is -3.56. The minimum absolute atomic E-state index is 0.0236. The number of halogens is 1. The van der Waals surface area contributed by atoms with Crippen molar-refractivity contribution in [3.05, 3.63) is 30.3 Å². The summed E-state index contributed by atoms with van der Waals surface area (Å²) in [5.41, 5.74) is -0.0236. The Morgan fingerprint density at radius 2 is 1.83 bits per heavy atom. The molecule has 0 saturated carbocycles. The van der Waals surface area contributed by atoms with Gasteiger partial charge in [-0.05, 0) is 12.1 Å². The number of rotatable bonds is 3. The van der Waals surface area contributed by atoms with E-state index in [1.807, 2.05) is 0 Å². The minimum atomic E-state index is -3.56. The predicted molar refractivity (Wildman–Crippen MR) is 48.5 cm³/mol. The van der Waals surface area contributed by atoms with E-state index in [2.05, 4.69) is 20.1 Å². The molecule has 66 valence electrons. The van der Waals surface area contributed by atoms with E-state index in [0.29, 0.717) is 0 Å². The fraction of sp³-hybridized carbons (Fsp3) is 0.143. The molecule has 0 fully saturated rings. The summed E-state index contributed by atoms with van der Waals surface area (Å²) in [6, 6.07) is 8.00. The highest BCUT2D eigenvalue weighted by Gasteiger charge is 2.12. The molecule has 1 aromatic rings. The Balaban J connectivity index is 2.99. The van der Waals surface area contributed by atoms with E-state index in [0.717, 1.165) is 0 Å². The van der Waals surface area contributed by atoms with Crippen LogP contribution < -0.4 is 0 Å². The molecule has 0 heterocycles. The van der Waals surface area contributed by atoms with Gasteiger partial charge in [0.2, 0.25) is 0 Å². The third kappa shape index (κ3) is 2.30. The summed E-state index contributed by atoms with van der Waals surface area (Å²) >= 11 is 2.88. The van der Waals surface area contributed by atoms with Gasteiger partial charge in [-0.1, -0.05) is 34.1 Å². The van der Waals surface area contributed by atoms with Gasteiger partial charge in [0.1, 0.15) is 5.52 Å². The molecule has 0 radical (unpaired) electrons. The van der Waals surface area contributed by atoms with E-state index in [1.165, 1.54) is 12.1 Å². The fourth-order valence-electron chi connectivity index (χ4n) is 0.714. The molecule has 5 heteroatoms. The zero-order chi connectivity index (χ0) is 9.03. The van der Waals surface area contributed by atoms with Crippen LogP contribution in [0.15, 0.2) is 35.2 Å². The van der Waals surface area contributed by atoms with Crippen molar-refractivity contribution in [1.29, 1.82) is 0 Å². The molecule has 0 aliphatic rings. The second kappa shape index (κ2) is 4.02. The zero-order valence-corrected chi connectivity index (χ0v) is 8.51. The number of benzene rings is 1. The van der Waals surface area contributed by atoms with Gasteiger partial charge in [-0.15, -0.1) is 0 Å². The largest absolute Gasteiger partial charge is 0.297 e. The van der Waals surface area contributed by atoms with E-state index in [4.69, 9.17) is 0 Å². The Hall–Kier alpha value is -0.390. The zero-order valence-electron chi connectivity index (χ0n) is 6.10. The smallest absolute Gasteiger partial charge is 0.255 e. The van der Waals surface area contributed by atoms with Gasteiger partial charge in [0.05, 0.1) is 4.90 Å². The van der Waals surface area contributed by atoms with Gasteiger partial charge >= 0.3 is 0 Å². The maximum atomic E-state index is 11.2. The SMILES string of the molecule is O=S(=O)(OCBr)c1ccccc1. The van der Waals surface area contributed by atoms with Crippen LogP contribution in [0.25, 0.3) is 0 Å². The molecule has 0 atom stereocenters. The quantitative estimate of drug-likeness (QED) is 0.607. The molecule has 0 spiro atoms. The van der Waals surface area contributed by atoms with Crippen LogP contribution >= 0.6 is 15.9 Å². The van der Waals surface area contributed by atoms with Crippen LogP contribution in [0, 0.1) is 0 Å². The van der Waals surface area contributed by atoms with Crippen LogP contribution in [-0.2, 0) is 14.3 Å². The van der Waals surface area contributed by atoms with Gasteiger partial charge in [0.15, 0.2) is 0 Å². The molecule has 1 rings (SSSR count). The average molecular weight is 251 g/mol. The van der Waals surface area contributed by atoms with E-state index >= 15 is 0 Å². The number of hydrogen-bond donors (Lipinski definition) is 0. The maximum Gasteiger partial charge on any atom is 0.297 e. The first-order valence-electron chi connectivity index (χ1n) is 3.17. The van der Waals surface area contributed by atoms with Crippen LogP contribution in [0.3, 0.4) is 0 Å². The third-order valence-corrected chi connectivity index (χ3v) is 3.04. The first-order chi connectivity index (χ1) is 5.67. The summed E-state index contributed by atoms with van der Waals surface area (Å²) < 4.78 is 26.9. The second-order valence-electron chi connectivity index (χ2n) is 1.99. The minimum Gasteiger partial charge on any atom is -0.255 e. The molecular formula is C7H7BrO3S. The molecule has 0 unspecified atom stereocenters. The van der Waals surface area contributed by atoms with Crippen molar-refractivity contribution in [3.8, 4) is 0 Å². The monoisotopic (exact) mass is 250 g/mol. The van der Waals surface area contributed by atoms with Gasteiger partial charge in [0.25, 0.3) is 10.1 Å². The molecule has 0 N–H and O–H groups in total. The van der Waals surface area contributed by atoms with Gasteiger partial charge in [-0.3, -0.25) is 4.18 Å². The van der Waals surface area contributed by atoms with Gasteiger partial charge in [-0.2, -0.15) is 8.42 Å². The Morgan fingerprint density at radius 1 is 1.25 bits per heavy atom. The second-order valence-corrected chi connectivity index (χ2v) is 4.07. The highest BCUT2D eigenvalue weighted by atomic mass is 79.9. The van der Waals surface area contributed by atoms with Crippen molar-refractivity contribution in [2.75, 3.05) is 5.52 Å². The normalized spacial score (nSPS) is 11.4. The highest BCUT2D eigenvalue weighted by Crippen LogP contribution is 2.11. The average Bonchev–Trinajstić information content (AvgIpc) is 2.06. The van der Waals surface area contributed by atoms with E-state index in [9.17, 15) is 8.42 Å². The third-order valence-electron chi connectivity index (χ3n) is 1.23. The van der Waals surface area contributed by atoms with E-state index in [1.54, 1.807) is 18.2 Å². The summed E-state index contributed by atoms with van der Waals surface area (Å²) in [5, 5.41) is 0.